The molecule has 1 aromatic carbocycles. The summed E-state index contributed by atoms with van der Waals surface area (Å²) in [5.41, 5.74) is -2.86. The standard InChI is InChI=1S/C9H9F3S/c1-6-4-3-5-7(2)8(6)13-9(10,11)12/h3-5H,1-2H3. The van der Waals surface area contributed by atoms with Crippen LogP contribution in [0.5, 0.6) is 0 Å². The van der Waals surface area contributed by atoms with Crippen molar-refractivity contribution in [3.63, 3.8) is 0 Å². The largest absolute Gasteiger partial charge is 0.446 e. The van der Waals surface area contributed by atoms with E-state index in [2.05, 4.69) is 0 Å². The molecule has 72 valence electrons. The lowest BCUT2D eigenvalue weighted by Gasteiger charge is -2.10. The molecular formula is C9H9F3S. The van der Waals surface area contributed by atoms with E-state index in [-0.39, 0.29) is 11.8 Å². The third-order valence-electron chi connectivity index (χ3n) is 1.63. The summed E-state index contributed by atoms with van der Waals surface area (Å²) in [5, 5.41) is 0. The molecule has 0 aliphatic carbocycles. The number of halogens is 3. The molecule has 0 radical (unpaired) electrons. The van der Waals surface area contributed by atoms with Crippen LogP contribution in [0.2, 0.25) is 0 Å². The number of alkyl halides is 3. The van der Waals surface area contributed by atoms with Crippen molar-refractivity contribution in [2.24, 2.45) is 0 Å². The molecule has 0 aliphatic rings. The summed E-state index contributed by atoms with van der Waals surface area (Å²) in [7, 11) is 0. The van der Waals surface area contributed by atoms with E-state index in [1.807, 2.05) is 0 Å². The summed E-state index contributed by atoms with van der Waals surface area (Å²) >= 11 is -0.0460. The normalized spacial score (nSPS) is 11.8. The minimum Gasteiger partial charge on any atom is -0.160 e. The second kappa shape index (κ2) is 3.62. The Hall–Kier alpha value is -0.640. The third kappa shape index (κ3) is 2.95. The molecule has 0 atom stereocenters. The maximum absolute atomic E-state index is 12.1. The van der Waals surface area contributed by atoms with E-state index in [1.54, 1.807) is 32.0 Å². The fraction of sp³-hybridized carbons (Fsp3) is 0.333. The van der Waals surface area contributed by atoms with Crippen LogP contribution in [0, 0.1) is 13.8 Å². The van der Waals surface area contributed by atoms with Crippen LogP contribution in [-0.4, -0.2) is 5.51 Å². The number of rotatable bonds is 1. The Bertz CT molecular complexity index is 284. The Morgan fingerprint density at radius 1 is 1.08 bits per heavy atom. The van der Waals surface area contributed by atoms with E-state index in [0.29, 0.717) is 16.0 Å². The highest BCUT2D eigenvalue weighted by molar-refractivity contribution is 8.00. The van der Waals surface area contributed by atoms with Crippen molar-refractivity contribution >= 4 is 11.8 Å². The molecule has 0 amide bonds. The highest BCUT2D eigenvalue weighted by atomic mass is 32.2. The predicted molar refractivity (Wildman–Crippen MR) is 47.8 cm³/mol. The van der Waals surface area contributed by atoms with Crippen molar-refractivity contribution < 1.29 is 13.2 Å². The van der Waals surface area contributed by atoms with Gasteiger partial charge < -0.3 is 0 Å². The zero-order valence-electron chi connectivity index (χ0n) is 7.27. The van der Waals surface area contributed by atoms with Crippen LogP contribution in [0.1, 0.15) is 11.1 Å². The maximum Gasteiger partial charge on any atom is 0.446 e. The molecule has 0 heterocycles. The van der Waals surface area contributed by atoms with Gasteiger partial charge in [0.15, 0.2) is 0 Å². The molecule has 0 fully saturated rings. The van der Waals surface area contributed by atoms with Gasteiger partial charge in [-0.3, -0.25) is 0 Å². The average molecular weight is 206 g/mol. The van der Waals surface area contributed by atoms with Gasteiger partial charge in [-0.1, -0.05) is 18.2 Å². The van der Waals surface area contributed by atoms with Crippen LogP contribution < -0.4 is 0 Å². The van der Waals surface area contributed by atoms with Gasteiger partial charge in [-0.25, -0.2) is 0 Å². The maximum atomic E-state index is 12.1. The molecule has 0 spiro atoms. The van der Waals surface area contributed by atoms with Crippen molar-refractivity contribution in [1.29, 1.82) is 0 Å². The van der Waals surface area contributed by atoms with Gasteiger partial charge in [0.1, 0.15) is 0 Å². The van der Waals surface area contributed by atoms with Gasteiger partial charge in [-0.15, -0.1) is 0 Å². The second-order valence-corrected chi connectivity index (χ2v) is 3.84. The van der Waals surface area contributed by atoms with E-state index in [4.69, 9.17) is 0 Å². The zero-order valence-corrected chi connectivity index (χ0v) is 8.09. The first-order valence-corrected chi connectivity index (χ1v) is 4.54. The summed E-state index contributed by atoms with van der Waals surface area (Å²) in [5.74, 6) is 0. The molecule has 0 aromatic heterocycles. The first-order valence-electron chi connectivity index (χ1n) is 3.72. The fourth-order valence-corrected chi connectivity index (χ4v) is 1.77. The number of benzene rings is 1. The summed E-state index contributed by atoms with van der Waals surface area (Å²) in [6.07, 6.45) is 0. The first-order chi connectivity index (χ1) is 5.90. The van der Waals surface area contributed by atoms with Gasteiger partial charge in [0.25, 0.3) is 0 Å². The summed E-state index contributed by atoms with van der Waals surface area (Å²) in [6.45, 7) is 3.36. The molecule has 0 saturated carbocycles. The van der Waals surface area contributed by atoms with Crippen molar-refractivity contribution in [3.05, 3.63) is 29.3 Å². The topological polar surface area (TPSA) is 0 Å². The van der Waals surface area contributed by atoms with Gasteiger partial charge in [0.2, 0.25) is 0 Å². The van der Waals surface area contributed by atoms with Crippen LogP contribution in [0.25, 0.3) is 0 Å². The quantitative estimate of drug-likeness (QED) is 0.627. The minimum absolute atomic E-state index is 0.0460. The van der Waals surface area contributed by atoms with Crippen molar-refractivity contribution in [3.8, 4) is 0 Å². The molecule has 1 aromatic rings. The lowest BCUT2D eigenvalue weighted by molar-refractivity contribution is -0.0328. The molecule has 13 heavy (non-hydrogen) atoms. The molecule has 4 heteroatoms. The van der Waals surface area contributed by atoms with Gasteiger partial charge in [0, 0.05) is 4.90 Å². The van der Waals surface area contributed by atoms with Gasteiger partial charge in [-0.05, 0) is 36.7 Å². The second-order valence-electron chi connectivity index (χ2n) is 2.77. The van der Waals surface area contributed by atoms with Crippen molar-refractivity contribution in [2.45, 2.75) is 24.3 Å². The number of hydrogen-bond donors (Lipinski definition) is 0. The number of aryl methyl sites for hydroxylation is 2. The summed E-state index contributed by atoms with van der Waals surface area (Å²) in [6, 6.07) is 5.12. The van der Waals surface area contributed by atoms with Gasteiger partial charge in [-0.2, -0.15) is 13.2 Å². The first kappa shape index (κ1) is 10.4. The Morgan fingerprint density at radius 2 is 1.54 bits per heavy atom. The Morgan fingerprint density at radius 3 is 1.92 bits per heavy atom. The third-order valence-corrected chi connectivity index (χ3v) is 2.71. The molecule has 0 saturated heterocycles. The van der Waals surface area contributed by atoms with Crippen molar-refractivity contribution in [1.82, 2.24) is 0 Å². The van der Waals surface area contributed by atoms with Crippen LogP contribution in [0.3, 0.4) is 0 Å². The fourth-order valence-electron chi connectivity index (χ4n) is 1.08. The van der Waals surface area contributed by atoms with E-state index in [0.717, 1.165) is 0 Å². The van der Waals surface area contributed by atoms with E-state index >= 15 is 0 Å². The highest BCUT2D eigenvalue weighted by Crippen LogP contribution is 2.39. The number of hydrogen-bond acceptors (Lipinski definition) is 1. The van der Waals surface area contributed by atoms with Gasteiger partial charge >= 0.3 is 5.51 Å². The van der Waals surface area contributed by atoms with Crippen LogP contribution >= 0.6 is 11.8 Å². The SMILES string of the molecule is Cc1cccc(C)c1SC(F)(F)F. The molecule has 0 bridgehead atoms. The minimum atomic E-state index is -4.20. The highest BCUT2D eigenvalue weighted by Gasteiger charge is 2.30. The molecular weight excluding hydrogens is 197 g/mol. The molecule has 0 aliphatic heterocycles. The predicted octanol–water partition coefficient (Wildman–Crippen LogP) is 3.92. The molecule has 0 nitrogen and oxygen atoms in total. The molecule has 1 rings (SSSR count). The average Bonchev–Trinajstić information content (AvgIpc) is 1.95. The molecule has 0 unspecified atom stereocenters. The lowest BCUT2D eigenvalue weighted by Crippen LogP contribution is -2.01. The smallest absolute Gasteiger partial charge is 0.160 e. The monoisotopic (exact) mass is 206 g/mol. The Labute approximate surface area is 79.1 Å². The van der Waals surface area contributed by atoms with Crippen LogP contribution in [-0.2, 0) is 0 Å². The Balaban J connectivity index is 3.00. The Kier molecular flexibility index (Phi) is 2.91. The van der Waals surface area contributed by atoms with Crippen molar-refractivity contribution in [2.75, 3.05) is 0 Å². The zero-order chi connectivity index (χ0) is 10.1. The van der Waals surface area contributed by atoms with Gasteiger partial charge in [0.05, 0.1) is 0 Å². The lowest BCUT2D eigenvalue weighted by atomic mass is 10.2. The van der Waals surface area contributed by atoms with E-state index in [9.17, 15) is 13.2 Å². The summed E-state index contributed by atoms with van der Waals surface area (Å²) < 4.78 is 36.2. The van der Waals surface area contributed by atoms with E-state index in [1.165, 1.54) is 0 Å². The number of thioether (sulfide) groups is 1. The van der Waals surface area contributed by atoms with Crippen LogP contribution in [0.4, 0.5) is 13.2 Å². The molecule has 0 N–H and O–H groups in total. The van der Waals surface area contributed by atoms with Crippen LogP contribution in [0.15, 0.2) is 23.1 Å². The van der Waals surface area contributed by atoms with E-state index < -0.39 is 5.51 Å². The summed E-state index contributed by atoms with van der Waals surface area (Å²) in [4.78, 5) is 0.315.